The van der Waals surface area contributed by atoms with Crippen molar-refractivity contribution >= 4 is 17.9 Å². The fourth-order valence-corrected chi connectivity index (χ4v) is 0.285. The van der Waals surface area contributed by atoms with Crippen LogP contribution in [0.1, 0.15) is 13.8 Å². The van der Waals surface area contributed by atoms with E-state index in [4.69, 9.17) is 21.1 Å². The first-order valence-electron chi connectivity index (χ1n) is 4.92. The van der Waals surface area contributed by atoms with E-state index in [1.54, 1.807) is 13.8 Å². The topological polar surface area (TPSA) is 190 Å². The lowest BCUT2D eigenvalue weighted by Crippen LogP contribution is -2.34. The van der Waals surface area contributed by atoms with Gasteiger partial charge in [0.1, 0.15) is 6.04 Å². The number of nitrogens with two attached hydrogens (primary N) is 3. The zero-order chi connectivity index (χ0) is 15.3. The summed E-state index contributed by atoms with van der Waals surface area (Å²) in [4.78, 5) is 28.5. The van der Waals surface area contributed by atoms with Crippen molar-refractivity contribution in [3.8, 4) is 0 Å². The van der Waals surface area contributed by atoms with Crippen LogP contribution in [0.4, 0.5) is 0 Å². The Kier molecular flexibility index (Phi) is 16.0. The lowest BCUT2D eigenvalue weighted by atomic mass is 10.1. The quantitative estimate of drug-likeness (QED) is 0.338. The molecule has 1 unspecified atom stereocenters. The van der Waals surface area contributed by atoms with Crippen molar-refractivity contribution in [1.82, 2.24) is 0 Å². The van der Waals surface area contributed by atoms with Crippen LogP contribution in [0.5, 0.6) is 0 Å². The summed E-state index contributed by atoms with van der Waals surface area (Å²) in [5.74, 6) is -2.84. The first-order chi connectivity index (χ1) is 8.09. The SMILES string of the molecule is CC(C)C(N)C(=O)O.NCC(=O)O.NCC(=O)O. The van der Waals surface area contributed by atoms with Crippen molar-refractivity contribution in [2.24, 2.45) is 23.1 Å². The minimum absolute atomic E-state index is 0.0208. The van der Waals surface area contributed by atoms with Crippen LogP contribution in [0.2, 0.25) is 0 Å². The second kappa shape index (κ2) is 13.4. The molecule has 1 atom stereocenters. The van der Waals surface area contributed by atoms with Gasteiger partial charge in [-0.1, -0.05) is 13.8 Å². The van der Waals surface area contributed by atoms with Gasteiger partial charge in [0.15, 0.2) is 0 Å². The average Bonchev–Trinajstić information content (AvgIpc) is 2.29. The van der Waals surface area contributed by atoms with Crippen molar-refractivity contribution in [1.29, 1.82) is 0 Å². The number of carboxylic acid groups (broad SMARTS) is 3. The molecule has 0 radical (unpaired) electrons. The van der Waals surface area contributed by atoms with Gasteiger partial charge in [0.05, 0.1) is 13.1 Å². The van der Waals surface area contributed by atoms with Crippen LogP contribution in [-0.4, -0.2) is 52.4 Å². The monoisotopic (exact) mass is 267 g/mol. The third-order valence-electron chi connectivity index (χ3n) is 1.35. The van der Waals surface area contributed by atoms with E-state index in [1.165, 1.54) is 0 Å². The Morgan fingerprint density at radius 3 is 1.17 bits per heavy atom. The molecule has 0 aliphatic carbocycles. The van der Waals surface area contributed by atoms with E-state index in [0.717, 1.165) is 0 Å². The fourth-order valence-electron chi connectivity index (χ4n) is 0.285. The molecule has 0 spiro atoms. The van der Waals surface area contributed by atoms with Gasteiger partial charge < -0.3 is 32.5 Å². The minimum Gasteiger partial charge on any atom is -0.480 e. The van der Waals surface area contributed by atoms with Crippen molar-refractivity contribution < 1.29 is 29.7 Å². The second-order valence-corrected chi connectivity index (χ2v) is 3.30. The average molecular weight is 267 g/mol. The fraction of sp³-hybridized carbons (Fsp3) is 0.667. The molecule has 0 saturated carbocycles. The van der Waals surface area contributed by atoms with Crippen molar-refractivity contribution in [2.45, 2.75) is 19.9 Å². The Hall–Kier alpha value is -1.71. The molecule has 9 nitrogen and oxygen atoms in total. The Balaban J connectivity index is -0.000000197. The van der Waals surface area contributed by atoms with Gasteiger partial charge in [0, 0.05) is 0 Å². The molecule has 0 aromatic carbocycles. The lowest BCUT2D eigenvalue weighted by molar-refractivity contribution is -0.139. The minimum atomic E-state index is -0.968. The number of hydrogen-bond acceptors (Lipinski definition) is 6. The molecule has 0 amide bonds. The third-order valence-corrected chi connectivity index (χ3v) is 1.35. The number of rotatable bonds is 4. The van der Waals surface area contributed by atoms with Gasteiger partial charge in [-0.3, -0.25) is 14.4 Å². The number of carbonyl (C=O) groups is 3. The lowest BCUT2D eigenvalue weighted by Gasteiger charge is -2.07. The standard InChI is InChI=1S/C5H11NO2.2C2H5NO2/c1-3(2)4(6)5(7)8;2*3-1-2(4)5/h3-4H,6H2,1-2H3,(H,7,8);2*1,3H2,(H,4,5). The number of carboxylic acids is 3. The second-order valence-electron chi connectivity index (χ2n) is 3.30. The summed E-state index contributed by atoms with van der Waals surface area (Å²) in [7, 11) is 0. The molecular weight excluding hydrogens is 246 g/mol. The molecule has 0 heterocycles. The summed E-state index contributed by atoms with van der Waals surface area (Å²) >= 11 is 0. The normalized spacial score (nSPS) is 10.3. The predicted molar refractivity (Wildman–Crippen MR) is 63.8 cm³/mol. The smallest absolute Gasteiger partial charge is 0.320 e. The van der Waals surface area contributed by atoms with Gasteiger partial charge in [-0.25, -0.2) is 0 Å². The summed E-state index contributed by atoms with van der Waals surface area (Å²) in [5.41, 5.74) is 14.3. The Bertz CT molecular complexity index is 243. The van der Waals surface area contributed by atoms with E-state index in [9.17, 15) is 14.4 Å². The maximum absolute atomic E-state index is 10.0. The van der Waals surface area contributed by atoms with Crippen LogP contribution in [0.3, 0.4) is 0 Å². The highest BCUT2D eigenvalue weighted by atomic mass is 16.4. The van der Waals surface area contributed by atoms with Crippen LogP contribution in [0.15, 0.2) is 0 Å². The number of hydrogen-bond donors (Lipinski definition) is 6. The van der Waals surface area contributed by atoms with E-state index < -0.39 is 23.9 Å². The van der Waals surface area contributed by atoms with E-state index in [-0.39, 0.29) is 19.0 Å². The van der Waals surface area contributed by atoms with Crippen LogP contribution in [0.25, 0.3) is 0 Å². The van der Waals surface area contributed by atoms with Crippen molar-refractivity contribution in [2.75, 3.05) is 13.1 Å². The van der Waals surface area contributed by atoms with E-state index in [1.807, 2.05) is 0 Å². The van der Waals surface area contributed by atoms with Crippen molar-refractivity contribution in [3.05, 3.63) is 0 Å². The summed E-state index contributed by atoms with van der Waals surface area (Å²) in [6.45, 7) is 3.00. The molecule has 0 aliphatic rings. The van der Waals surface area contributed by atoms with Crippen LogP contribution >= 0.6 is 0 Å². The molecule has 0 aromatic heterocycles. The highest BCUT2D eigenvalue weighted by Gasteiger charge is 2.14. The Morgan fingerprint density at radius 1 is 0.944 bits per heavy atom. The summed E-state index contributed by atoms with van der Waals surface area (Å²) in [5, 5.41) is 23.4. The van der Waals surface area contributed by atoms with Gasteiger partial charge in [-0.2, -0.15) is 0 Å². The van der Waals surface area contributed by atoms with Crippen LogP contribution < -0.4 is 17.2 Å². The van der Waals surface area contributed by atoms with Gasteiger partial charge in [-0.15, -0.1) is 0 Å². The van der Waals surface area contributed by atoms with Gasteiger partial charge in [0.2, 0.25) is 0 Å². The van der Waals surface area contributed by atoms with Gasteiger partial charge >= 0.3 is 17.9 Å². The van der Waals surface area contributed by atoms with E-state index in [2.05, 4.69) is 11.5 Å². The highest BCUT2D eigenvalue weighted by Crippen LogP contribution is 1.96. The van der Waals surface area contributed by atoms with Gasteiger partial charge in [-0.05, 0) is 5.92 Å². The molecule has 18 heavy (non-hydrogen) atoms. The maximum atomic E-state index is 10.0. The number of aliphatic carboxylic acids is 3. The zero-order valence-corrected chi connectivity index (χ0v) is 10.4. The molecule has 0 fully saturated rings. The first-order valence-corrected chi connectivity index (χ1v) is 4.92. The first kappa shape index (κ1) is 21.6. The molecule has 0 aliphatic heterocycles. The molecule has 0 aromatic rings. The molecular formula is C9H21N3O6. The molecule has 0 bridgehead atoms. The molecule has 0 saturated heterocycles. The Labute approximate surface area is 105 Å². The maximum Gasteiger partial charge on any atom is 0.320 e. The third kappa shape index (κ3) is 23.8. The Morgan fingerprint density at radius 2 is 1.17 bits per heavy atom. The predicted octanol–water partition coefficient (Wildman–Crippen LogP) is -1.89. The highest BCUT2D eigenvalue weighted by molar-refractivity contribution is 5.73. The van der Waals surface area contributed by atoms with E-state index in [0.29, 0.717) is 0 Å². The molecule has 9 heteroatoms. The summed E-state index contributed by atoms with van der Waals surface area (Å²) in [6, 6.07) is -0.713. The largest absolute Gasteiger partial charge is 0.480 e. The van der Waals surface area contributed by atoms with Crippen LogP contribution in [0, 0.1) is 5.92 Å². The van der Waals surface area contributed by atoms with E-state index >= 15 is 0 Å². The molecule has 108 valence electrons. The van der Waals surface area contributed by atoms with Crippen LogP contribution in [-0.2, 0) is 14.4 Å². The van der Waals surface area contributed by atoms with Gasteiger partial charge in [0.25, 0.3) is 0 Å². The van der Waals surface area contributed by atoms with Crippen molar-refractivity contribution in [3.63, 3.8) is 0 Å². The molecule has 0 rings (SSSR count). The summed E-state index contributed by atoms with van der Waals surface area (Å²) in [6.07, 6.45) is 0. The zero-order valence-electron chi connectivity index (χ0n) is 10.4. The molecule has 9 N–H and O–H groups in total. The summed E-state index contributed by atoms with van der Waals surface area (Å²) < 4.78 is 0.